The minimum Gasteiger partial charge on any atom is -0.479 e. The van der Waals surface area contributed by atoms with Gasteiger partial charge in [0.1, 0.15) is 9.84 Å². The van der Waals surface area contributed by atoms with E-state index in [-0.39, 0.29) is 13.0 Å². The zero-order valence-electron chi connectivity index (χ0n) is 9.16. The highest BCUT2D eigenvalue weighted by Gasteiger charge is 2.17. The van der Waals surface area contributed by atoms with Gasteiger partial charge in [0.05, 0.1) is 11.5 Å². The third-order valence-electron chi connectivity index (χ3n) is 1.75. The average molecular weight is 289 g/mol. The molecule has 0 aromatic carbocycles. The fourth-order valence-electron chi connectivity index (χ4n) is 0.808. The van der Waals surface area contributed by atoms with Gasteiger partial charge in [0.15, 0.2) is 6.10 Å². The zero-order chi connectivity index (χ0) is 13.7. The third kappa shape index (κ3) is 9.03. The Balaban J connectivity index is 4.08. The van der Waals surface area contributed by atoms with E-state index in [1.165, 1.54) is 0 Å². The van der Waals surface area contributed by atoms with Crippen LogP contribution in [0.5, 0.6) is 0 Å². The van der Waals surface area contributed by atoms with Gasteiger partial charge in [-0.1, -0.05) is 0 Å². The molecule has 102 valence electrons. The van der Waals surface area contributed by atoms with Crippen molar-refractivity contribution in [1.82, 2.24) is 4.72 Å². The molecule has 0 aliphatic rings. The Labute approximate surface area is 99.6 Å². The Bertz CT molecular complexity index is 453. The van der Waals surface area contributed by atoms with Crippen LogP contribution in [0.1, 0.15) is 6.42 Å². The highest BCUT2D eigenvalue weighted by molar-refractivity contribution is 7.93. The lowest BCUT2D eigenvalue weighted by atomic mass is 10.3. The van der Waals surface area contributed by atoms with Gasteiger partial charge in [0, 0.05) is 12.8 Å². The second-order valence-corrected chi connectivity index (χ2v) is 7.67. The van der Waals surface area contributed by atoms with Gasteiger partial charge in [-0.15, -0.1) is 0 Å². The van der Waals surface area contributed by atoms with Crippen LogP contribution in [-0.4, -0.2) is 63.4 Å². The molecule has 0 radical (unpaired) electrons. The summed E-state index contributed by atoms with van der Waals surface area (Å²) in [6, 6.07) is 0. The highest BCUT2D eigenvalue weighted by Crippen LogP contribution is 1.93. The van der Waals surface area contributed by atoms with Crippen molar-refractivity contribution in [2.24, 2.45) is 0 Å². The van der Waals surface area contributed by atoms with Crippen LogP contribution in [0.25, 0.3) is 0 Å². The highest BCUT2D eigenvalue weighted by atomic mass is 32.2. The molecule has 3 N–H and O–H groups in total. The maximum Gasteiger partial charge on any atom is 0.332 e. The molecule has 0 aliphatic heterocycles. The van der Waals surface area contributed by atoms with E-state index in [1.807, 2.05) is 4.72 Å². The van der Waals surface area contributed by atoms with Crippen LogP contribution < -0.4 is 4.72 Å². The van der Waals surface area contributed by atoms with Gasteiger partial charge < -0.3 is 10.2 Å². The molecule has 0 aromatic rings. The summed E-state index contributed by atoms with van der Waals surface area (Å²) in [5.74, 6) is -2.54. The first kappa shape index (κ1) is 16.3. The standard InChI is InChI=1S/C7H15NO7S2/c1-16(12,13)4-5-17(14,15)8-3-2-6(9)7(10)11/h6,8-9H,2-5H2,1H3,(H,10,11)/t6-/m0/s1. The van der Waals surface area contributed by atoms with E-state index in [0.29, 0.717) is 0 Å². The van der Waals surface area contributed by atoms with Crippen molar-refractivity contribution in [3.05, 3.63) is 0 Å². The molecule has 0 amide bonds. The number of hydrogen-bond acceptors (Lipinski definition) is 6. The lowest BCUT2D eigenvalue weighted by molar-refractivity contribution is -0.146. The van der Waals surface area contributed by atoms with Crippen molar-refractivity contribution in [3.63, 3.8) is 0 Å². The minimum atomic E-state index is -3.77. The first-order valence-corrected chi connectivity index (χ1v) is 8.31. The molecular weight excluding hydrogens is 274 g/mol. The molecule has 0 saturated heterocycles. The van der Waals surface area contributed by atoms with Crippen molar-refractivity contribution in [3.8, 4) is 0 Å². The largest absolute Gasteiger partial charge is 0.479 e. The third-order valence-corrected chi connectivity index (χ3v) is 4.34. The van der Waals surface area contributed by atoms with E-state index in [0.717, 1.165) is 6.26 Å². The van der Waals surface area contributed by atoms with E-state index in [4.69, 9.17) is 10.2 Å². The topological polar surface area (TPSA) is 138 Å². The van der Waals surface area contributed by atoms with Crippen molar-refractivity contribution in [1.29, 1.82) is 0 Å². The molecule has 0 aliphatic carbocycles. The number of rotatable bonds is 8. The quantitative estimate of drug-likeness (QED) is 0.460. The Morgan fingerprint density at radius 2 is 1.76 bits per heavy atom. The normalized spacial score (nSPS) is 14.5. The second kappa shape index (κ2) is 6.28. The number of carboxylic acid groups (broad SMARTS) is 1. The van der Waals surface area contributed by atoms with Crippen molar-refractivity contribution < 1.29 is 31.8 Å². The summed E-state index contributed by atoms with van der Waals surface area (Å²) in [4.78, 5) is 10.2. The number of aliphatic hydroxyl groups excluding tert-OH is 1. The molecular formula is C7H15NO7S2. The molecule has 0 bridgehead atoms. The fraction of sp³-hybridized carbons (Fsp3) is 0.857. The number of aliphatic carboxylic acids is 1. The van der Waals surface area contributed by atoms with E-state index in [9.17, 15) is 21.6 Å². The molecule has 0 heterocycles. The van der Waals surface area contributed by atoms with Crippen LogP contribution in [0.2, 0.25) is 0 Å². The van der Waals surface area contributed by atoms with Crippen molar-refractivity contribution in [2.45, 2.75) is 12.5 Å². The Morgan fingerprint density at radius 3 is 2.18 bits per heavy atom. The van der Waals surface area contributed by atoms with Crippen molar-refractivity contribution in [2.75, 3.05) is 24.3 Å². The van der Waals surface area contributed by atoms with Gasteiger partial charge in [0.2, 0.25) is 10.0 Å². The van der Waals surface area contributed by atoms with Crippen LogP contribution >= 0.6 is 0 Å². The van der Waals surface area contributed by atoms with Crippen LogP contribution in [0.4, 0.5) is 0 Å². The molecule has 8 nitrogen and oxygen atoms in total. The molecule has 10 heteroatoms. The van der Waals surface area contributed by atoms with Crippen molar-refractivity contribution >= 4 is 25.8 Å². The summed E-state index contributed by atoms with van der Waals surface area (Å²) < 4.78 is 45.9. The van der Waals surface area contributed by atoms with Crippen LogP contribution in [-0.2, 0) is 24.7 Å². The van der Waals surface area contributed by atoms with Gasteiger partial charge in [0.25, 0.3) is 0 Å². The van der Waals surface area contributed by atoms with Gasteiger partial charge in [-0.2, -0.15) is 0 Å². The first-order valence-electron chi connectivity index (χ1n) is 4.59. The molecule has 1 atom stereocenters. The molecule has 17 heavy (non-hydrogen) atoms. The van der Waals surface area contributed by atoms with Gasteiger partial charge in [-0.3, -0.25) is 0 Å². The van der Waals surface area contributed by atoms with Gasteiger partial charge in [-0.25, -0.2) is 26.4 Å². The molecule has 0 fully saturated rings. The fourth-order valence-corrected chi connectivity index (χ4v) is 3.47. The lowest BCUT2D eigenvalue weighted by Crippen LogP contribution is -2.33. The summed E-state index contributed by atoms with van der Waals surface area (Å²) in [6.45, 7) is -0.264. The maximum absolute atomic E-state index is 11.2. The number of hydrogen-bond donors (Lipinski definition) is 3. The van der Waals surface area contributed by atoms with Gasteiger partial charge in [-0.05, 0) is 6.42 Å². The predicted molar refractivity (Wildman–Crippen MR) is 59.8 cm³/mol. The van der Waals surface area contributed by atoms with Crippen LogP contribution in [0, 0.1) is 0 Å². The number of carbonyl (C=O) groups is 1. The van der Waals surface area contributed by atoms with E-state index >= 15 is 0 Å². The Morgan fingerprint density at radius 1 is 1.24 bits per heavy atom. The Kier molecular flexibility index (Phi) is 6.02. The predicted octanol–water partition coefficient (Wildman–Crippen LogP) is -2.21. The van der Waals surface area contributed by atoms with E-state index in [2.05, 4.69) is 0 Å². The monoisotopic (exact) mass is 289 g/mol. The first-order chi connectivity index (χ1) is 7.53. The molecule has 0 spiro atoms. The summed E-state index contributed by atoms with van der Waals surface area (Å²) in [5.41, 5.74) is 0. The summed E-state index contributed by atoms with van der Waals surface area (Å²) >= 11 is 0. The van der Waals surface area contributed by atoms with Gasteiger partial charge >= 0.3 is 5.97 Å². The van der Waals surface area contributed by atoms with Crippen LogP contribution in [0.3, 0.4) is 0 Å². The number of sulfonamides is 1. The summed E-state index contributed by atoms with van der Waals surface area (Å²) in [6.07, 6.45) is -1.02. The summed E-state index contributed by atoms with van der Waals surface area (Å²) in [5, 5.41) is 17.2. The zero-order valence-corrected chi connectivity index (χ0v) is 10.8. The average Bonchev–Trinajstić information content (AvgIpc) is 2.13. The SMILES string of the molecule is CS(=O)(=O)CCS(=O)(=O)NCC[C@H](O)C(=O)O. The molecule has 0 saturated carbocycles. The minimum absolute atomic E-state index is 0.264. The molecule has 0 rings (SSSR count). The maximum atomic E-state index is 11.2. The Hall–Kier alpha value is -0.710. The lowest BCUT2D eigenvalue weighted by Gasteiger charge is -2.07. The summed E-state index contributed by atoms with van der Waals surface area (Å²) in [7, 11) is -7.14. The van der Waals surface area contributed by atoms with E-state index in [1.54, 1.807) is 0 Å². The smallest absolute Gasteiger partial charge is 0.332 e. The second-order valence-electron chi connectivity index (χ2n) is 3.49. The number of aliphatic hydroxyl groups is 1. The molecule has 0 unspecified atom stereocenters. The van der Waals surface area contributed by atoms with Crippen LogP contribution in [0.15, 0.2) is 0 Å². The van der Waals surface area contributed by atoms with E-state index < -0.39 is 43.4 Å². The number of sulfone groups is 1. The molecule has 0 aromatic heterocycles. The number of nitrogens with one attached hydrogen (secondary N) is 1. The number of carboxylic acids is 1.